The highest BCUT2D eigenvalue weighted by Gasteiger charge is 2.22. The second-order valence-electron chi connectivity index (χ2n) is 7.66. The van der Waals surface area contributed by atoms with E-state index in [0.29, 0.717) is 37.4 Å². The summed E-state index contributed by atoms with van der Waals surface area (Å²) in [5, 5.41) is 5.35. The molecule has 1 saturated heterocycles. The Labute approximate surface area is 181 Å². The van der Waals surface area contributed by atoms with Crippen LogP contribution in [0, 0.1) is 13.8 Å². The summed E-state index contributed by atoms with van der Waals surface area (Å²) in [5.74, 6) is -0.341. The highest BCUT2D eigenvalue weighted by atomic mass is 16.5. The van der Waals surface area contributed by atoms with Crippen molar-refractivity contribution in [2.45, 2.75) is 13.8 Å². The maximum Gasteiger partial charge on any atom is 0.338 e. The molecule has 0 bridgehead atoms. The molecule has 31 heavy (non-hydrogen) atoms. The molecule has 3 aromatic rings. The minimum atomic E-state index is -0.367. The summed E-state index contributed by atoms with van der Waals surface area (Å²) in [5.41, 5.74) is 4.76. The van der Waals surface area contributed by atoms with E-state index in [9.17, 15) is 9.59 Å². The van der Waals surface area contributed by atoms with Crippen LogP contribution in [0.25, 0.3) is 10.8 Å². The number of rotatable bonds is 4. The van der Waals surface area contributed by atoms with Gasteiger partial charge in [-0.3, -0.25) is 4.79 Å². The number of esters is 1. The number of morpholine rings is 1. The molecule has 1 fully saturated rings. The van der Waals surface area contributed by atoms with E-state index in [1.807, 2.05) is 61.2 Å². The lowest BCUT2D eigenvalue weighted by Gasteiger charge is -2.27. The normalized spacial score (nSPS) is 13.8. The summed E-state index contributed by atoms with van der Waals surface area (Å²) in [4.78, 5) is 27.2. The second-order valence-corrected chi connectivity index (χ2v) is 7.66. The van der Waals surface area contributed by atoms with E-state index in [-0.39, 0.29) is 11.9 Å². The maximum atomic E-state index is 13.2. The van der Waals surface area contributed by atoms with Crippen molar-refractivity contribution < 1.29 is 19.1 Å². The Morgan fingerprint density at radius 1 is 0.935 bits per heavy atom. The average Bonchev–Trinajstić information content (AvgIpc) is 2.80. The molecule has 1 aliphatic rings. The zero-order valence-electron chi connectivity index (χ0n) is 18.0. The predicted molar refractivity (Wildman–Crippen MR) is 121 cm³/mol. The van der Waals surface area contributed by atoms with Crippen LogP contribution in [-0.2, 0) is 9.47 Å². The van der Waals surface area contributed by atoms with Crippen LogP contribution in [-0.4, -0.2) is 50.2 Å². The van der Waals surface area contributed by atoms with Crippen LogP contribution in [0.2, 0.25) is 0 Å². The molecule has 0 spiro atoms. The fraction of sp³-hybridized carbons (Fsp3) is 0.280. The highest BCUT2D eigenvalue weighted by molar-refractivity contribution is 6.12. The number of methoxy groups -OCH3 is 1. The lowest BCUT2D eigenvalue weighted by atomic mass is 9.97. The molecule has 0 saturated carbocycles. The maximum absolute atomic E-state index is 13.2. The van der Waals surface area contributed by atoms with Gasteiger partial charge in [0.1, 0.15) is 0 Å². The van der Waals surface area contributed by atoms with Gasteiger partial charge >= 0.3 is 5.97 Å². The Hall–Kier alpha value is -3.38. The van der Waals surface area contributed by atoms with Crippen LogP contribution < -0.4 is 5.32 Å². The minimum Gasteiger partial charge on any atom is -0.465 e. The van der Waals surface area contributed by atoms with Gasteiger partial charge in [0.25, 0.3) is 5.91 Å². The average molecular weight is 418 g/mol. The van der Waals surface area contributed by atoms with E-state index in [2.05, 4.69) is 5.32 Å². The third-order valence-corrected chi connectivity index (χ3v) is 5.79. The second kappa shape index (κ2) is 8.78. The van der Waals surface area contributed by atoms with E-state index < -0.39 is 0 Å². The molecule has 1 heterocycles. The van der Waals surface area contributed by atoms with E-state index in [0.717, 1.165) is 33.3 Å². The molecular formula is C25H26N2O4. The monoisotopic (exact) mass is 418 g/mol. The van der Waals surface area contributed by atoms with Crippen LogP contribution in [0.4, 0.5) is 11.4 Å². The smallest absolute Gasteiger partial charge is 0.338 e. The Morgan fingerprint density at radius 3 is 2.42 bits per heavy atom. The molecule has 0 aromatic heterocycles. The number of fused-ring (bicyclic) bond motifs is 1. The topological polar surface area (TPSA) is 67.9 Å². The van der Waals surface area contributed by atoms with Gasteiger partial charge in [-0.15, -0.1) is 0 Å². The first-order chi connectivity index (χ1) is 15.0. The van der Waals surface area contributed by atoms with Crippen molar-refractivity contribution >= 4 is 34.0 Å². The highest BCUT2D eigenvalue weighted by Crippen LogP contribution is 2.33. The van der Waals surface area contributed by atoms with Crippen molar-refractivity contribution in [1.29, 1.82) is 0 Å². The van der Waals surface area contributed by atoms with Gasteiger partial charge in [-0.25, -0.2) is 4.79 Å². The summed E-state index contributed by atoms with van der Waals surface area (Å²) in [6.45, 7) is 6.25. The first-order valence-corrected chi connectivity index (χ1v) is 10.4. The third-order valence-electron chi connectivity index (χ3n) is 5.79. The number of carbonyl (C=O) groups excluding carboxylic acids is 2. The standard InChI is InChI=1S/C25H26N2O4/c1-16-6-4-8-19-22(26-21-9-5-7-18(17(21)2)25(29)30-3)11-10-20(23(16)19)24(28)27-12-14-31-15-13-27/h4-11,26H,12-15H2,1-3H3. The Kier molecular flexibility index (Phi) is 5.91. The van der Waals surface area contributed by atoms with Crippen LogP contribution in [0.1, 0.15) is 31.8 Å². The predicted octanol–water partition coefficient (Wildman–Crippen LogP) is 4.46. The van der Waals surface area contributed by atoms with Gasteiger partial charge in [0.2, 0.25) is 0 Å². The number of nitrogens with zero attached hydrogens (tertiary/aromatic N) is 1. The molecule has 0 unspecified atom stereocenters. The molecule has 4 rings (SSSR count). The summed E-state index contributed by atoms with van der Waals surface area (Å²) in [6.07, 6.45) is 0. The van der Waals surface area contributed by atoms with Gasteiger partial charge < -0.3 is 19.7 Å². The van der Waals surface area contributed by atoms with E-state index in [1.165, 1.54) is 7.11 Å². The number of nitrogens with one attached hydrogen (secondary N) is 1. The zero-order valence-corrected chi connectivity index (χ0v) is 18.0. The van der Waals surface area contributed by atoms with Gasteiger partial charge in [-0.1, -0.05) is 24.3 Å². The number of hydrogen-bond acceptors (Lipinski definition) is 5. The summed E-state index contributed by atoms with van der Waals surface area (Å²) >= 11 is 0. The quantitative estimate of drug-likeness (QED) is 0.634. The SMILES string of the molecule is COC(=O)c1cccc(Nc2ccc(C(=O)N3CCOCC3)c3c(C)cccc23)c1C. The summed E-state index contributed by atoms with van der Waals surface area (Å²) < 4.78 is 10.3. The molecule has 160 valence electrons. The van der Waals surface area contributed by atoms with Crippen molar-refractivity contribution in [3.05, 3.63) is 70.8 Å². The van der Waals surface area contributed by atoms with Crippen LogP contribution >= 0.6 is 0 Å². The number of aryl methyl sites for hydroxylation is 1. The number of carbonyl (C=O) groups is 2. The molecule has 3 aromatic carbocycles. The minimum absolute atomic E-state index is 0.0259. The Bertz CT molecular complexity index is 1150. The van der Waals surface area contributed by atoms with Crippen LogP contribution in [0.5, 0.6) is 0 Å². The molecule has 6 nitrogen and oxygen atoms in total. The Balaban J connectivity index is 1.77. The number of amides is 1. The van der Waals surface area contributed by atoms with Crippen LogP contribution in [0.3, 0.4) is 0 Å². The summed E-state index contributed by atoms with van der Waals surface area (Å²) in [6, 6.07) is 15.3. The van der Waals surface area contributed by atoms with Gasteiger partial charge in [-0.05, 0) is 54.6 Å². The molecule has 6 heteroatoms. The first-order valence-electron chi connectivity index (χ1n) is 10.4. The van der Waals surface area contributed by atoms with E-state index >= 15 is 0 Å². The van der Waals surface area contributed by atoms with Crippen molar-refractivity contribution in [3.8, 4) is 0 Å². The molecule has 0 aliphatic carbocycles. The zero-order chi connectivity index (χ0) is 22.0. The fourth-order valence-electron chi connectivity index (χ4n) is 4.06. The molecule has 1 amide bonds. The molecular weight excluding hydrogens is 392 g/mol. The molecule has 1 aliphatic heterocycles. The van der Waals surface area contributed by atoms with Gasteiger partial charge in [0.05, 0.1) is 25.9 Å². The summed E-state index contributed by atoms with van der Waals surface area (Å²) in [7, 11) is 1.38. The molecule has 0 radical (unpaired) electrons. The van der Waals surface area contributed by atoms with Gasteiger partial charge in [0.15, 0.2) is 0 Å². The largest absolute Gasteiger partial charge is 0.465 e. The lowest BCUT2D eigenvalue weighted by Crippen LogP contribution is -2.40. The van der Waals surface area contributed by atoms with Crippen molar-refractivity contribution in [2.24, 2.45) is 0 Å². The Morgan fingerprint density at radius 2 is 1.68 bits per heavy atom. The number of hydrogen-bond donors (Lipinski definition) is 1. The number of anilines is 2. The third kappa shape index (κ3) is 3.99. The van der Waals surface area contributed by atoms with Gasteiger partial charge in [0, 0.05) is 35.4 Å². The van der Waals surface area contributed by atoms with E-state index in [4.69, 9.17) is 9.47 Å². The molecule has 1 N–H and O–H groups in total. The van der Waals surface area contributed by atoms with Crippen molar-refractivity contribution in [2.75, 3.05) is 38.7 Å². The first kappa shape index (κ1) is 20.9. The molecule has 0 atom stereocenters. The fourth-order valence-corrected chi connectivity index (χ4v) is 4.06. The van der Waals surface area contributed by atoms with Gasteiger partial charge in [-0.2, -0.15) is 0 Å². The lowest BCUT2D eigenvalue weighted by molar-refractivity contribution is 0.0304. The van der Waals surface area contributed by atoms with E-state index in [1.54, 1.807) is 6.07 Å². The van der Waals surface area contributed by atoms with Crippen molar-refractivity contribution in [3.63, 3.8) is 0 Å². The van der Waals surface area contributed by atoms with Crippen LogP contribution in [0.15, 0.2) is 48.5 Å². The number of benzene rings is 3. The number of ether oxygens (including phenoxy) is 2. The van der Waals surface area contributed by atoms with Crippen molar-refractivity contribution in [1.82, 2.24) is 4.90 Å².